The van der Waals surface area contributed by atoms with Gasteiger partial charge in [-0.15, -0.1) is 0 Å². The van der Waals surface area contributed by atoms with Crippen LogP contribution in [0.5, 0.6) is 0 Å². The fourth-order valence-electron chi connectivity index (χ4n) is 2.93. The van der Waals surface area contributed by atoms with Crippen molar-refractivity contribution in [3.05, 3.63) is 76.1 Å². The average Bonchev–Trinajstić information content (AvgIpc) is 3.03. The molecule has 6 nitrogen and oxygen atoms in total. The van der Waals surface area contributed by atoms with Crippen molar-refractivity contribution in [1.82, 2.24) is 0 Å². The molecule has 7 heteroatoms. The molecule has 1 aliphatic heterocycles. The van der Waals surface area contributed by atoms with Gasteiger partial charge in [0.15, 0.2) is 0 Å². The van der Waals surface area contributed by atoms with Crippen molar-refractivity contribution in [1.29, 1.82) is 0 Å². The minimum atomic E-state index is -0.662. The van der Waals surface area contributed by atoms with E-state index in [2.05, 4.69) is 10.3 Å². The Kier molecular flexibility index (Phi) is 4.83. The smallest absolute Gasteiger partial charge is 0.346 e. The number of aryl methyl sites for hydroxylation is 1. The molecule has 28 heavy (non-hydrogen) atoms. The molecule has 2 aromatic carbocycles. The number of nitrogens with one attached hydrogen (secondary N) is 1. The molecule has 0 aliphatic carbocycles. The van der Waals surface area contributed by atoms with Crippen LogP contribution in [0.1, 0.15) is 17.5 Å². The van der Waals surface area contributed by atoms with Gasteiger partial charge in [-0.25, -0.2) is 9.79 Å². The van der Waals surface area contributed by atoms with Crippen LogP contribution < -0.4 is 10.9 Å². The fourth-order valence-corrected chi connectivity index (χ4v) is 4.00. The van der Waals surface area contributed by atoms with Crippen LogP contribution in [0.4, 0.5) is 5.69 Å². The molecular formula is C21H16N2O4S. The van der Waals surface area contributed by atoms with Crippen molar-refractivity contribution < 1.29 is 14.0 Å². The second-order valence-corrected chi connectivity index (χ2v) is 7.61. The van der Waals surface area contributed by atoms with Gasteiger partial charge in [-0.05, 0) is 30.7 Å². The van der Waals surface area contributed by atoms with Gasteiger partial charge < -0.3 is 9.73 Å². The summed E-state index contributed by atoms with van der Waals surface area (Å²) in [5, 5.41) is 3.18. The molecule has 1 aliphatic rings. The summed E-state index contributed by atoms with van der Waals surface area (Å²) in [6.45, 7) is 1.89. The van der Waals surface area contributed by atoms with Crippen molar-refractivity contribution in [3.8, 4) is 0 Å². The van der Waals surface area contributed by atoms with Crippen LogP contribution in [0.15, 0.2) is 68.8 Å². The molecule has 1 atom stereocenters. The number of carbonyl (C=O) groups excluding carboxylic acids is 2. The van der Waals surface area contributed by atoms with Gasteiger partial charge in [0.05, 0.1) is 5.56 Å². The Morgan fingerprint density at radius 1 is 1.14 bits per heavy atom. The van der Waals surface area contributed by atoms with Crippen molar-refractivity contribution >= 4 is 45.3 Å². The second kappa shape index (κ2) is 7.44. The van der Waals surface area contributed by atoms with E-state index in [0.29, 0.717) is 11.3 Å². The first-order chi connectivity index (χ1) is 13.5. The highest BCUT2D eigenvalue weighted by Gasteiger charge is 2.32. The minimum Gasteiger partial charge on any atom is -0.422 e. The number of fused-ring (bicyclic) bond motifs is 1. The number of benzene rings is 2. The highest BCUT2D eigenvalue weighted by molar-refractivity contribution is 8.16. The maximum absolute atomic E-state index is 12.3. The number of nitrogens with zero attached hydrogens (tertiary/aromatic N) is 1. The number of thioether (sulfide) groups is 1. The van der Waals surface area contributed by atoms with Crippen LogP contribution >= 0.6 is 11.8 Å². The van der Waals surface area contributed by atoms with E-state index in [1.54, 1.807) is 24.3 Å². The Morgan fingerprint density at radius 2 is 1.89 bits per heavy atom. The molecule has 2 amide bonds. The summed E-state index contributed by atoms with van der Waals surface area (Å²) in [5.74, 6) is -0.699. The molecule has 3 aromatic rings. The predicted octanol–water partition coefficient (Wildman–Crippen LogP) is 3.52. The lowest BCUT2D eigenvalue weighted by Gasteiger charge is -2.10. The van der Waals surface area contributed by atoms with E-state index in [1.165, 1.54) is 0 Å². The standard InChI is InChI=1S/C21H16N2O4S/c1-12-6-2-4-8-15(12)22-18(24)11-17-19(25)23-20(28-17)14-10-13-7-3-5-9-16(13)27-21(14)26/h2-10,17H,11H2,1H3,(H,22,24). The number of carbonyl (C=O) groups is 2. The van der Waals surface area contributed by atoms with Gasteiger partial charge in [-0.3, -0.25) is 9.59 Å². The highest BCUT2D eigenvalue weighted by Crippen LogP contribution is 2.29. The predicted molar refractivity (Wildman–Crippen MR) is 110 cm³/mol. The first-order valence-corrected chi connectivity index (χ1v) is 9.57. The van der Waals surface area contributed by atoms with Crippen LogP contribution in [0, 0.1) is 6.92 Å². The van der Waals surface area contributed by atoms with Gasteiger partial charge in [0, 0.05) is 17.5 Å². The first kappa shape index (κ1) is 18.2. The Hall–Kier alpha value is -3.19. The van der Waals surface area contributed by atoms with E-state index in [4.69, 9.17) is 4.42 Å². The number of amides is 2. The molecule has 0 saturated heterocycles. The third kappa shape index (κ3) is 3.61. The zero-order valence-electron chi connectivity index (χ0n) is 15.0. The van der Waals surface area contributed by atoms with Gasteiger partial charge in [-0.1, -0.05) is 48.2 Å². The SMILES string of the molecule is Cc1ccccc1NC(=O)CC1SC(c2cc3ccccc3oc2=O)=NC1=O. The third-order valence-electron chi connectivity index (χ3n) is 4.40. The monoisotopic (exact) mass is 392 g/mol. The number of anilines is 1. The van der Waals surface area contributed by atoms with Crippen molar-refractivity contribution in [3.63, 3.8) is 0 Å². The van der Waals surface area contributed by atoms with E-state index >= 15 is 0 Å². The summed E-state index contributed by atoms with van der Waals surface area (Å²) >= 11 is 1.12. The van der Waals surface area contributed by atoms with Gasteiger partial charge in [0.1, 0.15) is 15.9 Å². The maximum Gasteiger partial charge on any atom is 0.346 e. The van der Waals surface area contributed by atoms with E-state index in [-0.39, 0.29) is 22.9 Å². The minimum absolute atomic E-state index is 0.0241. The molecule has 1 aromatic heterocycles. The number of aliphatic imine (C=N–C) groups is 1. The summed E-state index contributed by atoms with van der Waals surface area (Å²) in [6.07, 6.45) is -0.0241. The molecule has 140 valence electrons. The second-order valence-electron chi connectivity index (χ2n) is 6.41. The van der Waals surface area contributed by atoms with Crippen molar-refractivity contribution in [2.75, 3.05) is 5.32 Å². The lowest BCUT2D eigenvalue weighted by atomic mass is 10.2. The summed E-state index contributed by atoms with van der Waals surface area (Å²) in [4.78, 5) is 40.9. The summed E-state index contributed by atoms with van der Waals surface area (Å²) < 4.78 is 5.31. The molecule has 1 unspecified atom stereocenters. The van der Waals surface area contributed by atoms with E-state index in [1.807, 2.05) is 37.3 Å². The van der Waals surface area contributed by atoms with Crippen LogP contribution in [-0.4, -0.2) is 22.1 Å². The molecule has 0 saturated carbocycles. The molecular weight excluding hydrogens is 376 g/mol. The Balaban J connectivity index is 1.50. The Morgan fingerprint density at radius 3 is 2.71 bits per heavy atom. The molecule has 0 spiro atoms. The van der Waals surface area contributed by atoms with E-state index < -0.39 is 16.8 Å². The topological polar surface area (TPSA) is 88.7 Å². The zero-order valence-corrected chi connectivity index (χ0v) is 15.8. The van der Waals surface area contributed by atoms with Crippen LogP contribution in [-0.2, 0) is 9.59 Å². The van der Waals surface area contributed by atoms with Crippen LogP contribution in [0.25, 0.3) is 11.0 Å². The van der Waals surface area contributed by atoms with Crippen molar-refractivity contribution in [2.24, 2.45) is 4.99 Å². The first-order valence-electron chi connectivity index (χ1n) is 8.69. The molecule has 0 fully saturated rings. The molecule has 2 heterocycles. The Bertz CT molecular complexity index is 1180. The quantitative estimate of drug-likeness (QED) is 0.686. The fraction of sp³-hybridized carbons (Fsp3) is 0.143. The van der Waals surface area contributed by atoms with Crippen LogP contribution in [0.3, 0.4) is 0 Å². The summed E-state index contributed by atoms with van der Waals surface area (Å²) in [7, 11) is 0. The molecule has 0 bridgehead atoms. The number of hydrogen-bond acceptors (Lipinski definition) is 5. The van der Waals surface area contributed by atoms with Gasteiger partial charge in [0.25, 0.3) is 5.91 Å². The average molecular weight is 392 g/mol. The molecule has 1 N–H and O–H groups in total. The zero-order chi connectivity index (χ0) is 19.7. The largest absolute Gasteiger partial charge is 0.422 e. The highest BCUT2D eigenvalue weighted by atomic mass is 32.2. The lowest BCUT2D eigenvalue weighted by molar-refractivity contribution is -0.121. The van der Waals surface area contributed by atoms with E-state index in [9.17, 15) is 14.4 Å². The van der Waals surface area contributed by atoms with Crippen LogP contribution in [0.2, 0.25) is 0 Å². The van der Waals surface area contributed by atoms with Gasteiger partial charge in [0.2, 0.25) is 5.91 Å². The molecule has 0 radical (unpaired) electrons. The van der Waals surface area contributed by atoms with E-state index in [0.717, 1.165) is 22.7 Å². The summed E-state index contributed by atoms with van der Waals surface area (Å²) in [5.41, 5.74) is 1.80. The third-order valence-corrected chi connectivity index (χ3v) is 5.59. The lowest BCUT2D eigenvalue weighted by Crippen LogP contribution is -2.21. The summed E-state index contributed by atoms with van der Waals surface area (Å²) in [6, 6.07) is 16.2. The number of rotatable bonds is 4. The molecule has 4 rings (SSSR count). The maximum atomic E-state index is 12.3. The normalized spacial score (nSPS) is 16.2. The number of hydrogen-bond donors (Lipinski definition) is 1. The number of para-hydroxylation sites is 2. The van der Waals surface area contributed by atoms with Crippen molar-refractivity contribution in [2.45, 2.75) is 18.6 Å². The van der Waals surface area contributed by atoms with Gasteiger partial charge in [-0.2, -0.15) is 0 Å². The van der Waals surface area contributed by atoms with Gasteiger partial charge >= 0.3 is 5.63 Å². The Labute approximate surface area is 164 Å².